The van der Waals surface area contributed by atoms with Gasteiger partial charge in [-0.2, -0.15) is 0 Å². The Hall–Kier alpha value is -2.78. The second-order valence-corrected chi connectivity index (χ2v) is 3.71. The van der Waals surface area contributed by atoms with Crippen molar-refractivity contribution in [2.45, 2.75) is 0 Å². The number of amides is 1. The molecule has 6 nitrogen and oxygen atoms in total. The van der Waals surface area contributed by atoms with Crippen LogP contribution in [0, 0.1) is 11.8 Å². The van der Waals surface area contributed by atoms with Crippen molar-refractivity contribution < 1.29 is 19.2 Å². The summed E-state index contributed by atoms with van der Waals surface area (Å²) in [6, 6.07) is 6.51. The summed E-state index contributed by atoms with van der Waals surface area (Å²) in [5.74, 6) is 5.44. The lowest BCUT2D eigenvalue weighted by atomic mass is 10.2. The maximum Gasteiger partial charge on any atom is 0.294 e. The molecule has 0 radical (unpaired) electrons. The van der Waals surface area contributed by atoms with Crippen LogP contribution >= 0.6 is 0 Å². The van der Waals surface area contributed by atoms with Crippen molar-refractivity contribution >= 4 is 11.6 Å². The third-order valence-electron chi connectivity index (χ3n) is 2.42. The first-order chi connectivity index (χ1) is 9.74. The molecule has 0 aliphatic heterocycles. The van der Waals surface area contributed by atoms with E-state index in [4.69, 9.17) is 14.4 Å². The largest absolute Gasteiger partial charge is 0.495 e. The van der Waals surface area contributed by atoms with E-state index in [0.717, 1.165) is 0 Å². The number of carbonyl (C=O) groups is 1. The summed E-state index contributed by atoms with van der Waals surface area (Å²) in [6.07, 6.45) is 1.38. The van der Waals surface area contributed by atoms with E-state index < -0.39 is 5.91 Å². The van der Waals surface area contributed by atoms with E-state index in [0.29, 0.717) is 17.0 Å². The second-order valence-electron chi connectivity index (χ2n) is 3.71. The summed E-state index contributed by atoms with van der Waals surface area (Å²) < 4.78 is 9.94. The van der Waals surface area contributed by atoms with Gasteiger partial charge in [0.25, 0.3) is 5.91 Å². The summed E-state index contributed by atoms with van der Waals surface area (Å²) in [5, 5.41) is 14.8. The van der Waals surface area contributed by atoms with Crippen LogP contribution in [0.5, 0.6) is 5.75 Å². The zero-order chi connectivity index (χ0) is 14.4. The number of rotatable bonds is 3. The molecule has 0 saturated carbocycles. The summed E-state index contributed by atoms with van der Waals surface area (Å²) in [6.45, 7) is -0.230. The molecule has 6 heteroatoms. The molecule has 0 atom stereocenters. The minimum absolute atomic E-state index is 0.0962. The van der Waals surface area contributed by atoms with Gasteiger partial charge in [0.1, 0.15) is 12.4 Å². The zero-order valence-corrected chi connectivity index (χ0v) is 10.7. The van der Waals surface area contributed by atoms with Crippen LogP contribution in [-0.2, 0) is 0 Å². The van der Waals surface area contributed by atoms with Crippen LogP contribution in [0.4, 0.5) is 5.69 Å². The van der Waals surface area contributed by atoms with Gasteiger partial charge in [-0.05, 0) is 18.2 Å². The fraction of sp³-hybridized carbons (Fsp3) is 0.143. The average molecular weight is 272 g/mol. The normalized spacial score (nSPS) is 9.50. The number of methoxy groups -OCH3 is 1. The molecule has 0 saturated heterocycles. The minimum atomic E-state index is -0.437. The molecule has 20 heavy (non-hydrogen) atoms. The summed E-state index contributed by atoms with van der Waals surface area (Å²) in [4.78, 5) is 11.9. The lowest BCUT2D eigenvalue weighted by molar-refractivity contribution is 0.0987. The molecule has 1 amide bonds. The maximum absolute atomic E-state index is 11.9. The van der Waals surface area contributed by atoms with E-state index in [-0.39, 0.29) is 12.4 Å². The zero-order valence-electron chi connectivity index (χ0n) is 10.7. The molecule has 1 aromatic carbocycles. The first-order valence-electron chi connectivity index (χ1n) is 5.74. The summed E-state index contributed by atoms with van der Waals surface area (Å²) in [5.41, 5.74) is 1.10. The number of ether oxygens (including phenoxy) is 1. The van der Waals surface area contributed by atoms with Gasteiger partial charge >= 0.3 is 0 Å². The van der Waals surface area contributed by atoms with E-state index in [1.165, 1.54) is 19.4 Å². The Morgan fingerprint density at radius 2 is 2.35 bits per heavy atom. The molecule has 1 aromatic heterocycles. The van der Waals surface area contributed by atoms with E-state index >= 15 is 0 Å². The number of nitrogens with zero attached hydrogens (tertiary/aromatic N) is 1. The van der Waals surface area contributed by atoms with Gasteiger partial charge in [-0.25, -0.2) is 0 Å². The highest BCUT2D eigenvalue weighted by Gasteiger charge is 2.13. The molecule has 2 N–H and O–H groups in total. The lowest BCUT2D eigenvalue weighted by Gasteiger charge is -2.09. The van der Waals surface area contributed by atoms with Gasteiger partial charge in [0.15, 0.2) is 0 Å². The van der Waals surface area contributed by atoms with Crippen molar-refractivity contribution in [3.63, 3.8) is 0 Å². The first-order valence-corrected chi connectivity index (χ1v) is 5.74. The van der Waals surface area contributed by atoms with Crippen molar-refractivity contribution in [3.8, 4) is 17.6 Å². The quantitative estimate of drug-likeness (QED) is 0.822. The number of aliphatic hydroxyl groups is 1. The number of carbonyl (C=O) groups excluding carboxylic acids is 1. The van der Waals surface area contributed by atoms with Crippen LogP contribution in [0.3, 0.4) is 0 Å². The van der Waals surface area contributed by atoms with Crippen LogP contribution in [0.15, 0.2) is 35.0 Å². The Kier molecular flexibility index (Phi) is 4.37. The standard InChI is InChI=1S/C14H12N2O4/c1-19-12-5-4-10(3-2-8-17)9-11(12)16-14(18)13-6-7-15-20-13/h4-7,9,17H,8H2,1H3,(H,16,18). The van der Waals surface area contributed by atoms with Crippen molar-refractivity contribution in [2.24, 2.45) is 0 Å². The molecule has 0 spiro atoms. The molecule has 0 aliphatic rings. The average Bonchev–Trinajstić information content (AvgIpc) is 2.99. The van der Waals surface area contributed by atoms with Crippen molar-refractivity contribution in [2.75, 3.05) is 19.0 Å². The first kappa shape index (κ1) is 13.6. The van der Waals surface area contributed by atoms with Crippen LogP contribution in [0.1, 0.15) is 16.1 Å². The predicted molar refractivity (Wildman–Crippen MR) is 71.4 cm³/mol. The van der Waals surface area contributed by atoms with Crippen LogP contribution in [-0.4, -0.2) is 29.9 Å². The highest BCUT2D eigenvalue weighted by Crippen LogP contribution is 2.25. The Balaban J connectivity index is 2.26. The van der Waals surface area contributed by atoms with Gasteiger partial charge in [0.2, 0.25) is 5.76 Å². The van der Waals surface area contributed by atoms with Gasteiger partial charge in [-0.1, -0.05) is 17.0 Å². The molecule has 0 unspecified atom stereocenters. The van der Waals surface area contributed by atoms with Gasteiger partial charge in [-0.3, -0.25) is 4.79 Å². The number of aromatic nitrogens is 1. The third kappa shape index (κ3) is 3.16. The highest BCUT2D eigenvalue weighted by atomic mass is 16.5. The van der Waals surface area contributed by atoms with Gasteiger partial charge in [0, 0.05) is 11.6 Å². The molecule has 1 heterocycles. The number of nitrogens with one attached hydrogen (secondary N) is 1. The topological polar surface area (TPSA) is 84.6 Å². The van der Waals surface area contributed by atoms with E-state index in [1.807, 2.05) is 0 Å². The van der Waals surface area contributed by atoms with Crippen molar-refractivity contribution in [3.05, 3.63) is 41.8 Å². The molecule has 2 aromatic rings. The van der Waals surface area contributed by atoms with Crippen LogP contribution < -0.4 is 10.1 Å². The van der Waals surface area contributed by atoms with E-state index in [1.54, 1.807) is 18.2 Å². The Morgan fingerprint density at radius 3 is 3.00 bits per heavy atom. The molecule has 0 bridgehead atoms. The van der Waals surface area contributed by atoms with Gasteiger partial charge in [0.05, 0.1) is 19.0 Å². The Labute approximate surface area is 115 Å². The number of hydrogen-bond acceptors (Lipinski definition) is 5. The maximum atomic E-state index is 11.9. The smallest absolute Gasteiger partial charge is 0.294 e. The molecular formula is C14H12N2O4. The number of aliphatic hydroxyl groups excluding tert-OH is 1. The van der Waals surface area contributed by atoms with Crippen LogP contribution in [0.25, 0.3) is 0 Å². The Bertz CT molecular complexity index is 654. The Morgan fingerprint density at radius 1 is 1.50 bits per heavy atom. The molecular weight excluding hydrogens is 260 g/mol. The molecule has 0 aliphatic carbocycles. The fourth-order valence-electron chi connectivity index (χ4n) is 1.54. The van der Waals surface area contributed by atoms with Crippen molar-refractivity contribution in [1.82, 2.24) is 5.16 Å². The van der Waals surface area contributed by atoms with E-state index in [2.05, 4.69) is 22.3 Å². The minimum Gasteiger partial charge on any atom is -0.495 e. The molecule has 2 rings (SSSR count). The fourth-order valence-corrected chi connectivity index (χ4v) is 1.54. The molecule has 0 fully saturated rings. The number of benzene rings is 1. The monoisotopic (exact) mass is 272 g/mol. The van der Waals surface area contributed by atoms with Gasteiger partial charge in [-0.15, -0.1) is 0 Å². The summed E-state index contributed by atoms with van der Waals surface area (Å²) >= 11 is 0. The second kappa shape index (κ2) is 6.41. The van der Waals surface area contributed by atoms with Gasteiger partial charge < -0.3 is 19.7 Å². The third-order valence-corrected chi connectivity index (χ3v) is 2.42. The number of anilines is 1. The van der Waals surface area contributed by atoms with E-state index in [9.17, 15) is 4.79 Å². The van der Waals surface area contributed by atoms with Crippen LogP contribution in [0.2, 0.25) is 0 Å². The predicted octanol–water partition coefficient (Wildman–Crippen LogP) is 1.28. The number of hydrogen-bond donors (Lipinski definition) is 2. The SMILES string of the molecule is COc1ccc(C#CCO)cc1NC(=O)c1ccno1. The van der Waals surface area contributed by atoms with Crippen molar-refractivity contribution in [1.29, 1.82) is 0 Å². The molecule has 102 valence electrons. The highest BCUT2D eigenvalue weighted by molar-refractivity contribution is 6.03. The summed E-state index contributed by atoms with van der Waals surface area (Å²) in [7, 11) is 1.50. The lowest BCUT2D eigenvalue weighted by Crippen LogP contribution is -2.11.